The molecule has 2 rings (SSSR count). The summed E-state index contributed by atoms with van der Waals surface area (Å²) in [5, 5.41) is 11.8. The first-order valence-electron chi connectivity index (χ1n) is 6.36. The smallest absolute Gasteiger partial charge is 0.102 e. The monoisotopic (exact) mass is 270 g/mol. The number of nitriles is 1. The van der Waals surface area contributed by atoms with Gasteiger partial charge in [-0.25, -0.2) is 0 Å². The maximum atomic E-state index is 8.97. The van der Waals surface area contributed by atoms with E-state index in [1.165, 1.54) is 15.7 Å². The fourth-order valence-electron chi connectivity index (χ4n) is 2.16. The van der Waals surface area contributed by atoms with Crippen LogP contribution in [0.3, 0.4) is 0 Å². The third kappa shape index (κ3) is 3.73. The van der Waals surface area contributed by atoms with Gasteiger partial charge < -0.3 is 5.73 Å². The Balaban J connectivity index is 2.11. The number of thioether (sulfide) groups is 1. The van der Waals surface area contributed by atoms with Crippen molar-refractivity contribution in [1.29, 1.82) is 5.26 Å². The zero-order chi connectivity index (χ0) is 13.9. The molecule has 0 saturated carbocycles. The van der Waals surface area contributed by atoms with Gasteiger partial charge in [-0.05, 0) is 36.2 Å². The van der Waals surface area contributed by atoms with E-state index in [9.17, 15) is 0 Å². The lowest BCUT2D eigenvalue weighted by Crippen LogP contribution is -2.36. The van der Waals surface area contributed by atoms with Crippen LogP contribution in [0.1, 0.15) is 20.3 Å². The highest BCUT2D eigenvalue weighted by molar-refractivity contribution is 8.00. The van der Waals surface area contributed by atoms with Crippen molar-refractivity contribution in [3.05, 3.63) is 42.5 Å². The van der Waals surface area contributed by atoms with Crippen LogP contribution in [-0.2, 0) is 0 Å². The van der Waals surface area contributed by atoms with Crippen LogP contribution in [0.5, 0.6) is 0 Å². The summed E-state index contributed by atoms with van der Waals surface area (Å²) in [6.45, 7) is 3.90. The van der Waals surface area contributed by atoms with Gasteiger partial charge in [-0.15, -0.1) is 11.8 Å². The van der Waals surface area contributed by atoms with E-state index in [-0.39, 0.29) is 0 Å². The molecular formula is C16H18N2S. The second-order valence-electron chi connectivity index (χ2n) is 5.17. The van der Waals surface area contributed by atoms with Crippen molar-refractivity contribution >= 4 is 22.5 Å². The summed E-state index contributed by atoms with van der Waals surface area (Å²) in [6, 6.07) is 16.9. The molecule has 0 radical (unpaired) electrons. The molecular weight excluding hydrogens is 252 g/mol. The number of hydrogen-bond acceptors (Lipinski definition) is 3. The van der Waals surface area contributed by atoms with Gasteiger partial charge in [0.15, 0.2) is 0 Å². The van der Waals surface area contributed by atoms with Gasteiger partial charge in [0, 0.05) is 10.1 Å². The van der Waals surface area contributed by atoms with Crippen molar-refractivity contribution in [1.82, 2.24) is 0 Å². The molecule has 0 amide bonds. The van der Waals surface area contributed by atoms with Crippen LogP contribution in [-0.4, -0.2) is 10.8 Å². The first-order chi connectivity index (χ1) is 9.00. The lowest BCUT2D eigenvalue weighted by Gasteiger charge is -2.20. The molecule has 0 spiro atoms. The topological polar surface area (TPSA) is 49.8 Å². The largest absolute Gasteiger partial charge is 0.314 e. The molecule has 0 aliphatic rings. The predicted molar refractivity (Wildman–Crippen MR) is 82.1 cm³/mol. The Morgan fingerprint density at radius 1 is 1.26 bits per heavy atom. The molecule has 98 valence electrons. The van der Waals surface area contributed by atoms with E-state index in [0.29, 0.717) is 11.7 Å². The predicted octanol–water partition coefficient (Wildman–Crippen LogP) is 3.95. The Morgan fingerprint density at radius 3 is 2.63 bits per heavy atom. The van der Waals surface area contributed by atoms with Gasteiger partial charge in [0.25, 0.3) is 0 Å². The zero-order valence-corrected chi connectivity index (χ0v) is 12.1. The summed E-state index contributed by atoms with van der Waals surface area (Å²) in [6.07, 6.45) is 0.682. The van der Waals surface area contributed by atoms with Crippen LogP contribution in [0, 0.1) is 11.3 Å². The average Bonchev–Trinajstić information content (AvgIpc) is 2.38. The van der Waals surface area contributed by atoms with Crippen LogP contribution in [0.4, 0.5) is 0 Å². The summed E-state index contributed by atoms with van der Waals surface area (Å²) in [5.74, 6) is 0. The second-order valence-corrected chi connectivity index (χ2v) is 6.68. The Labute approximate surface area is 118 Å². The van der Waals surface area contributed by atoms with E-state index < -0.39 is 5.54 Å². The summed E-state index contributed by atoms with van der Waals surface area (Å²) >= 11 is 1.77. The van der Waals surface area contributed by atoms with E-state index >= 15 is 0 Å². The molecule has 0 aliphatic heterocycles. The number of nitrogens with zero attached hydrogens (tertiary/aromatic N) is 1. The van der Waals surface area contributed by atoms with Crippen molar-refractivity contribution in [3.63, 3.8) is 0 Å². The van der Waals surface area contributed by atoms with Crippen molar-refractivity contribution in [2.45, 2.75) is 36.0 Å². The Morgan fingerprint density at radius 2 is 1.95 bits per heavy atom. The van der Waals surface area contributed by atoms with Gasteiger partial charge in [-0.3, -0.25) is 0 Å². The van der Waals surface area contributed by atoms with Crippen LogP contribution < -0.4 is 5.73 Å². The average molecular weight is 270 g/mol. The van der Waals surface area contributed by atoms with Gasteiger partial charge in [0.1, 0.15) is 5.54 Å². The molecule has 3 heteroatoms. The summed E-state index contributed by atoms with van der Waals surface area (Å²) in [7, 11) is 0. The minimum absolute atomic E-state index is 0.316. The molecule has 2 unspecified atom stereocenters. The quantitative estimate of drug-likeness (QED) is 0.856. The molecule has 0 heterocycles. The molecule has 0 aromatic heterocycles. The van der Waals surface area contributed by atoms with Gasteiger partial charge in [-0.2, -0.15) is 5.26 Å². The maximum absolute atomic E-state index is 8.97. The van der Waals surface area contributed by atoms with E-state index in [0.717, 1.165) is 0 Å². The van der Waals surface area contributed by atoms with Crippen molar-refractivity contribution in [2.75, 3.05) is 0 Å². The van der Waals surface area contributed by atoms with E-state index in [1.807, 2.05) is 12.1 Å². The SMILES string of the molecule is CC(CC(C)(N)C#N)Sc1ccc2ccccc2c1. The number of nitrogens with two attached hydrogens (primary N) is 1. The van der Waals surface area contributed by atoms with Gasteiger partial charge in [0.05, 0.1) is 6.07 Å². The first kappa shape index (κ1) is 13.9. The molecule has 0 fully saturated rings. The molecule has 2 aromatic carbocycles. The highest BCUT2D eigenvalue weighted by atomic mass is 32.2. The summed E-state index contributed by atoms with van der Waals surface area (Å²) in [4.78, 5) is 1.22. The molecule has 0 bridgehead atoms. The molecule has 0 aliphatic carbocycles. The molecule has 2 N–H and O–H groups in total. The maximum Gasteiger partial charge on any atom is 0.102 e. The standard InChI is InChI=1S/C16H18N2S/c1-12(10-16(2,18)11-17)19-15-8-7-13-5-3-4-6-14(13)9-15/h3-9,12H,10,18H2,1-2H3. The zero-order valence-electron chi connectivity index (χ0n) is 11.3. The summed E-state index contributed by atoms with van der Waals surface area (Å²) < 4.78 is 0. The molecule has 2 atom stereocenters. The third-order valence-corrected chi connectivity index (χ3v) is 4.12. The van der Waals surface area contributed by atoms with Crippen molar-refractivity contribution < 1.29 is 0 Å². The highest BCUT2D eigenvalue weighted by Crippen LogP contribution is 2.30. The third-order valence-electron chi connectivity index (χ3n) is 3.03. The Hall–Kier alpha value is -1.50. The van der Waals surface area contributed by atoms with Gasteiger partial charge >= 0.3 is 0 Å². The first-order valence-corrected chi connectivity index (χ1v) is 7.24. The highest BCUT2D eigenvalue weighted by Gasteiger charge is 2.21. The number of hydrogen-bond donors (Lipinski definition) is 1. The van der Waals surface area contributed by atoms with Gasteiger partial charge in [-0.1, -0.05) is 37.3 Å². The number of rotatable bonds is 4. The lowest BCUT2D eigenvalue weighted by atomic mass is 10.00. The van der Waals surface area contributed by atoms with E-state index in [4.69, 9.17) is 11.0 Å². The van der Waals surface area contributed by atoms with Gasteiger partial charge in [0.2, 0.25) is 0 Å². The van der Waals surface area contributed by atoms with Crippen LogP contribution in [0.15, 0.2) is 47.4 Å². The second kappa shape index (κ2) is 5.64. The minimum Gasteiger partial charge on any atom is -0.314 e. The minimum atomic E-state index is -0.747. The Kier molecular flexibility index (Phi) is 4.14. The fourth-order valence-corrected chi connectivity index (χ4v) is 3.39. The van der Waals surface area contributed by atoms with E-state index in [1.54, 1.807) is 18.7 Å². The van der Waals surface area contributed by atoms with E-state index in [2.05, 4.69) is 43.3 Å². The Bertz CT molecular complexity index is 613. The molecule has 0 saturated heterocycles. The lowest BCUT2D eigenvalue weighted by molar-refractivity contribution is 0.545. The molecule has 19 heavy (non-hydrogen) atoms. The normalized spacial score (nSPS) is 15.7. The van der Waals surface area contributed by atoms with Crippen LogP contribution >= 0.6 is 11.8 Å². The van der Waals surface area contributed by atoms with Crippen molar-refractivity contribution in [2.24, 2.45) is 5.73 Å². The van der Waals surface area contributed by atoms with Crippen molar-refractivity contribution in [3.8, 4) is 6.07 Å². The fraction of sp³-hybridized carbons (Fsp3) is 0.312. The van der Waals surface area contributed by atoms with Crippen LogP contribution in [0.25, 0.3) is 10.8 Å². The van der Waals surface area contributed by atoms with Crippen LogP contribution in [0.2, 0.25) is 0 Å². The number of benzene rings is 2. The molecule has 2 aromatic rings. The summed E-state index contributed by atoms with van der Waals surface area (Å²) in [5.41, 5.74) is 5.14. The molecule has 2 nitrogen and oxygen atoms in total. The number of fused-ring (bicyclic) bond motifs is 1.